The van der Waals surface area contributed by atoms with Crippen molar-refractivity contribution in [2.45, 2.75) is 66.0 Å². The Morgan fingerprint density at radius 2 is 1.71 bits per heavy atom. The van der Waals surface area contributed by atoms with E-state index in [0.717, 1.165) is 12.1 Å². The molecule has 0 radical (unpaired) electrons. The van der Waals surface area contributed by atoms with Crippen LogP contribution in [0.3, 0.4) is 0 Å². The zero-order valence-electron chi connectivity index (χ0n) is 18.1. The first kappa shape index (κ1) is 20.2. The Morgan fingerprint density at radius 3 is 2.29 bits per heavy atom. The molecule has 0 spiro atoms. The van der Waals surface area contributed by atoms with Gasteiger partial charge in [-0.25, -0.2) is 0 Å². The van der Waals surface area contributed by atoms with Gasteiger partial charge in [-0.3, -0.25) is 4.79 Å². The predicted molar refractivity (Wildman–Crippen MR) is 117 cm³/mol. The molecule has 0 amide bonds. The third-order valence-corrected chi connectivity index (χ3v) is 5.37. The van der Waals surface area contributed by atoms with E-state index in [1.807, 2.05) is 12.1 Å². The fourth-order valence-corrected chi connectivity index (χ4v) is 3.87. The van der Waals surface area contributed by atoms with Gasteiger partial charge < -0.3 is 9.64 Å². The molecule has 1 aliphatic heterocycles. The van der Waals surface area contributed by atoms with Crippen LogP contribution in [0.5, 0.6) is 5.75 Å². The molecular formula is C25H31NO2. The van der Waals surface area contributed by atoms with Crippen LogP contribution in [0.25, 0.3) is 5.57 Å². The SMILES string of the molecule is CC(=O)Oc1ccc2c(c1)C(C)=CC(C)(C)N2Cc1ccc(C(C)(C)C)cc1. The lowest BCUT2D eigenvalue weighted by atomic mass is 9.86. The average molecular weight is 378 g/mol. The van der Waals surface area contributed by atoms with E-state index in [2.05, 4.69) is 82.9 Å². The molecule has 0 atom stereocenters. The van der Waals surface area contributed by atoms with E-state index < -0.39 is 0 Å². The number of carbonyl (C=O) groups excluding carboxylic acids is 1. The molecule has 0 unspecified atom stereocenters. The smallest absolute Gasteiger partial charge is 0.308 e. The lowest BCUT2D eigenvalue weighted by Crippen LogP contribution is -2.44. The molecular weight excluding hydrogens is 346 g/mol. The van der Waals surface area contributed by atoms with Gasteiger partial charge in [-0.15, -0.1) is 0 Å². The van der Waals surface area contributed by atoms with Crippen molar-refractivity contribution in [3.63, 3.8) is 0 Å². The molecule has 1 heterocycles. The molecule has 2 aromatic carbocycles. The van der Waals surface area contributed by atoms with Gasteiger partial charge in [0.15, 0.2) is 0 Å². The minimum Gasteiger partial charge on any atom is -0.427 e. The maximum absolute atomic E-state index is 11.3. The number of carbonyl (C=O) groups is 1. The second-order valence-corrected chi connectivity index (χ2v) is 9.29. The van der Waals surface area contributed by atoms with Crippen LogP contribution in [0.1, 0.15) is 65.2 Å². The number of rotatable bonds is 3. The quantitative estimate of drug-likeness (QED) is 0.477. The molecule has 3 nitrogen and oxygen atoms in total. The van der Waals surface area contributed by atoms with Crippen molar-refractivity contribution < 1.29 is 9.53 Å². The maximum atomic E-state index is 11.3. The second kappa shape index (κ2) is 7.12. The van der Waals surface area contributed by atoms with Gasteiger partial charge in [0, 0.05) is 24.7 Å². The van der Waals surface area contributed by atoms with Crippen LogP contribution < -0.4 is 9.64 Å². The number of fused-ring (bicyclic) bond motifs is 1. The first-order valence-corrected chi connectivity index (χ1v) is 9.87. The molecule has 0 saturated heterocycles. The first-order valence-electron chi connectivity index (χ1n) is 9.87. The summed E-state index contributed by atoms with van der Waals surface area (Å²) in [4.78, 5) is 13.7. The van der Waals surface area contributed by atoms with Crippen LogP contribution in [0.2, 0.25) is 0 Å². The van der Waals surface area contributed by atoms with Crippen molar-refractivity contribution in [2.75, 3.05) is 4.90 Å². The second-order valence-electron chi connectivity index (χ2n) is 9.29. The van der Waals surface area contributed by atoms with Crippen LogP contribution in [0.4, 0.5) is 5.69 Å². The monoisotopic (exact) mass is 377 g/mol. The van der Waals surface area contributed by atoms with Gasteiger partial charge in [0.25, 0.3) is 0 Å². The Hall–Kier alpha value is -2.55. The van der Waals surface area contributed by atoms with Crippen LogP contribution in [-0.4, -0.2) is 11.5 Å². The molecule has 2 aromatic rings. The zero-order chi connectivity index (χ0) is 20.7. The maximum Gasteiger partial charge on any atom is 0.308 e. The average Bonchev–Trinajstić information content (AvgIpc) is 2.57. The fourth-order valence-electron chi connectivity index (χ4n) is 3.87. The van der Waals surface area contributed by atoms with E-state index in [1.54, 1.807) is 0 Å². The number of hydrogen-bond donors (Lipinski definition) is 0. The summed E-state index contributed by atoms with van der Waals surface area (Å²) in [7, 11) is 0. The molecule has 148 valence electrons. The van der Waals surface area contributed by atoms with Crippen LogP contribution >= 0.6 is 0 Å². The fraction of sp³-hybridized carbons (Fsp3) is 0.400. The highest BCUT2D eigenvalue weighted by molar-refractivity contribution is 5.82. The lowest BCUT2D eigenvalue weighted by Gasteiger charge is -2.43. The number of anilines is 1. The normalized spacial score (nSPS) is 15.7. The van der Waals surface area contributed by atoms with Crippen molar-refractivity contribution in [3.05, 3.63) is 65.2 Å². The number of nitrogens with zero attached hydrogens (tertiary/aromatic N) is 1. The van der Waals surface area contributed by atoms with Crippen molar-refractivity contribution >= 4 is 17.2 Å². The number of esters is 1. The summed E-state index contributed by atoms with van der Waals surface area (Å²) >= 11 is 0. The highest BCUT2D eigenvalue weighted by atomic mass is 16.5. The topological polar surface area (TPSA) is 29.5 Å². The lowest BCUT2D eigenvalue weighted by molar-refractivity contribution is -0.131. The van der Waals surface area contributed by atoms with Crippen molar-refractivity contribution in [1.82, 2.24) is 0 Å². The molecule has 0 saturated carbocycles. The summed E-state index contributed by atoms with van der Waals surface area (Å²) in [6, 6.07) is 14.8. The Labute approximate surface area is 169 Å². The van der Waals surface area contributed by atoms with Gasteiger partial charge in [-0.05, 0) is 61.1 Å². The predicted octanol–water partition coefficient (Wildman–Crippen LogP) is 6.11. The van der Waals surface area contributed by atoms with Gasteiger partial charge >= 0.3 is 5.97 Å². The summed E-state index contributed by atoms with van der Waals surface area (Å²) in [5, 5.41) is 0. The molecule has 1 aliphatic rings. The van der Waals surface area contributed by atoms with E-state index in [9.17, 15) is 4.79 Å². The standard InChI is InChI=1S/C25H31NO2/c1-17-15-25(6,7)26(16-19-8-10-20(11-9-19)24(3,4)5)23-13-12-21(14-22(17)23)28-18(2)27/h8-15H,16H2,1-7H3. The van der Waals surface area contributed by atoms with Gasteiger partial charge in [0.05, 0.1) is 5.54 Å². The molecule has 0 aromatic heterocycles. The largest absolute Gasteiger partial charge is 0.427 e. The van der Waals surface area contributed by atoms with Gasteiger partial charge in [-0.1, -0.05) is 51.1 Å². The van der Waals surface area contributed by atoms with Gasteiger partial charge in [0.1, 0.15) is 5.75 Å². The van der Waals surface area contributed by atoms with Crippen LogP contribution in [0, 0.1) is 0 Å². The highest BCUT2D eigenvalue weighted by Crippen LogP contribution is 2.41. The van der Waals surface area contributed by atoms with E-state index in [0.29, 0.717) is 5.75 Å². The van der Waals surface area contributed by atoms with E-state index in [1.165, 1.54) is 29.3 Å². The molecule has 0 aliphatic carbocycles. The summed E-state index contributed by atoms with van der Waals surface area (Å²) in [5.41, 5.74) is 6.16. The molecule has 3 heteroatoms. The Morgan fingerprint density at radius 1 is 1.07 bits per heavy atom. The van der Waals surface area contributed by atoms with Gasteiger partial charge in [-0.2, -0.15) is 0 Å². The number of ether oxygens (including phenoxy) is 1. The summed E-state index contributed by atoms with van der Waals surface area (Å²) in [6.07, 6.45) is 2.29. The first-order chi connectivity index (χ1) is 13.0. The third-order valence-electron chi connectivity index (χ3n) is 5.37. The van der Waals surface area contributed by atoms with Crippen LogP contribution in [-0.2, 0) is 16.8 Å². The summed E-state index contributed by atoms with van der Waals surface area (Å²) in [5.74, 6) is 0.293. The van der Waals surface area contributed by atoms with Crippen LogP contribution in [0.15, 0.2) is 48.5 Å². The van der Waals surface area contributed by atoms with Gasteiger partial charge in [0.2, 0.25) is 0 Å². The molecule has 3 rings (SSSR count). The van der Waals surface area contributed by atoms with Crippen molar-refractivity contribution in [3.8, 4) is 5.75 Å². The number of allylic oxidation sites excluding steroid dienone is 1. The summed E-state index contributed by atoms with van der Waals surface area (Å²) < 4.78 is 5.29. The minimum atomic E-state index is -0.298. The third kappa shape index (κ3) is 4.14. The zero-order valence-corrected chi connectivity index (χ0v) is 18.1. The minimum absolute atomic E-state index is 0.108. The van der Waals surface area contributed by atoms with E-state index in [4.69, 9.17) is 4.74 Å². The highest BCUT2D eigenvalue weighted by Gasteiger charge is 2.31. The Balaban J connectivity index is 1.96. The molecule has 0 fully saturated rings. The van der Waals surface area contributed by atoms with Crippen molar-refractivity contribution in [2.24, 2.45) is 0 Å². The van der Waals surface area contributed by atoms with E-state index in [-0.39, 0.29) is 16.9 Å². The van der Waals surface area contributed by atoms with E-state index >= 15 is 0 Å². The molecule has 28 heavy (non-hydrogen) atoms. The Bertz CT molecular complexity index is 915. The number of benzene rings is 2. The molecule has 0 N–H and O–H groups in total. The summed E-state index contributed by atoms with van der Waals surface area (Å²) in [6.45, 7) is 15.6. The Kier molecular flexibility index (Phi) is 5.14. The number of hydrogen-bond acceptors (Lipinski definition) is 3. The molecule has 0 bridgehead atoms. The van der Waals surface area contributed by atoms with Crippen molar-refractivity contribution in [1.29, 1.82) is 0 Å².